The molecule has 2 aromatic rings. The summed E-state index contributed by atoms with van der Waals surface area (Å²) in [4.78, 5) is 10.7. The van der Waals surface area contributed by atoms with E-state index in [0.717, 1.165) is 36.1 Å². The summed E-state index contributed by atoms with van der Waals surface area (Å²) in [5.41, 5.74) is 2.14. The first kappa shape index (κ1) is 27.9. The molecule has 188 valence electrons. The number of carbonyl (C=O) groups excluding carboxylic acids is 1. The molecule has 1 saturated carbocycles. The number of allylic oxidation sites excluding steroid dienone is 2. The Morgan fingerprint density at radius 1 is 0.971 bits per heavy atom. The van der Waals surface area contributed by atoms with Crippen LogP contribution in [0.1, 0.15) is 63.5 Å². The third kappa shape index (κ3) is 11.6. The van der Waals surface area contributed by atoms with E-state index in [4.69, 9.17) is 14.2 Å². The lowest BCUT2D eigenvalue weighted by Crippen LogP contribution is -2.19. The molecular formula is C30H38O5. The number of carbonyl (C=O) groups is 1. The van der Waals surface area contributed by atoms with Crippen molar-refractivity contribution in [1.82, 2.24) is 0 Å². The highest BCUT2D eigenvalue weighted by Crippen LogP contribution is 2.20. The number of esters is 1. The van der Waals surface area contributed by atoms with Gasteiger partial charge in [-0.3, -0.25) is 0 Å². The summed E-state index contributed by atoms with van der Waals surface area (Å²) >= 11 is 0. The Kier molecular flexibility index (Phi) is 13.0. The van der Waals surface area contributed by atoms with Crippen molar-refractivity contribution in [3.63, 3.8) is 0 Å². The van der Waals surface area contributed by atoms with Gasteiger partial charge in [-0.05, 0) is 68.0 Å². The summed E-state index contributed by atoms with van der Waals surface area (Å²) < 4.78 is 16.3. The SMILES string of the molecule is C=CC(=O)OC1CCCCC1.CCOC(CC)Oc1ccc(C=CC=Cc2ccc(O)cc2)cc1. The van der Waals surface area contributed by atoms with Crippen LogP contribution >= 0.6 is 0 Å². The van der Waals surface area contributed by atoms with Gasteiger partial charge in [-0.1, -0.05) is 68.5 Å². The first-order valence-corrected chi connectivity index (χ1v) is 12.4. The summed E-state index contributed by atoms with van der Waals surface area (Å²) in [7, 11) is 0. The van der Waals surface area contributed by atoms with Gasteiger partial charge < -0.3 is 19.3 Å². The zero-order chi connectivity index (χ0) is 25.3. The molecule has 1 aliphatic carbocycles. The number of rotatable bonds is 10. The minimum Gasteiger partial charge on any atom is -0.508 e. The lowest BCUT2D eigenvalue weighted by molar-refractivity contribution is -0.144. The van der Waals surface area contributed by atoms with Gasteiger partial charge in [0.25, 0.3) is 0 Å². The first-order chi connectivity index (χ1) is 17.0. The second-order valence-electron chi connectivity index (χ2n) is 8.19. The maximum absolute atomic E-state index is 10.7. The van der Waals surface area contributed by atoms with E-state index in [-0.39, 0.29) is 24.1 Å². The van der Waals surface area contributed by atoms with Crippen LogP contribution in [-0.2, 0) is 14.3 Å². The van der Waals surface area contributed by atoms with Crippen LogP contribution in [0.15, 0.2) is 73.3 Å². The average Bonchev–Trinajstić information content (AvgIpc) is 2.89. The molecule has 0 amide bonds. The van der Waals surface area contributed by atoms with E-state index in [1.807, 2.05) is 74.5 Å². The monoisotopic (exact) mass is 478 g/mol. The van der Waals surface area contributed by atoms with E-state index in [1.165, 1.54) is 25.3 Å². The van der Waals surface area contributed by atoms with Crippen LogP contribution in [0.25, 0.3) is 12.2 Å². The van der Waals surface area contributed by atoms with Crippen molar-refractivity contribution in [1.29, 1.82) is 0 Å². The maximum Gasteiger partial charge on any atom is 0.330 e. The van der Waals surface area contributed by atoms with E-state index < -0.39 is 0 Å². The third-order valence-corrected chi connectivity index (χ3v) is 5.42. The molecule has 0 spiro atoms. The molecule has 5 nitrogen and oxygen atoms in total. The topological polar surface area (TPSA) is 65.0 Å². The fourth-order valence-corrected chi connectivity index (χ4v) is 3.54. The molecule has 1 atom stereocenters. The molecule has 1 fully saturated rings. The maximum atomic E-state index is 10.7. The minimum absolute atomic E-state index is 0.161. The molecule has 1 aliphatic rings. The molecular weight excluding hydrogens is 440 g/mol. The molecule has 0 aromatic heterocycles. The van der Waals surface area contributed by atoms with Crippen LogP contribution < -0.4 is 4.74 Å². The molecule has 5 heteroatoms. The molecule has 1 N–H and O–H groups in total. The number of hydrogen-bond acceptors (Lipinski definition) is 5. The molecule has 0 bridgehead atoms. The Hall–Kier alpha value is -3.31. The normalized spacial score (nSPS) is 14.8. The van der Waals surface area contributed by atoms with Gasteiger partial charge in [-0.2, -0.15) is 0 Å². The summed E-state index contributed by atoms with van der Waals surface area (Å²) in [5, 5.41) is 9.24. The van der Waals surface area contributed by atoms with Crippen LogP contribution in [-0.4, -0.2) is 30.1 Å². The van der Waals surface area contributed by atoms with Gasteiger partial charge in [0.15, 0.2) is 6.29 Å². The quantitative estimate of drug-likeness (QED) is 0.168. The van der Waals surface area contributed by atoms with Crippen LogP contribution in [0, 0.1) is 0 Å². The highest BCUT2D eigenvalue weighted by molar-refractivity contribution is 5.81. The van der Waals surface area contributed by atoms with Gasteiger partial charge in [-0.25, -0.2) is 4.79 Å². The molecule has 35 heavy (non-hydrogen) atoms. The van der Waals surface area contributed by atoms with E-state index in [9.17, 15) is 9.90 Å². The smallest absolute Gasteiger partial charge is 0.330 e. The number of hydrogen-bond donors (Lipinski definition) is 1. The van der Waals surface area contributed by atoms with Crippen LogP contribution in [0.2, 0.25) is 0 Å². The van der Waals surface area contributed by atoms with Gasteiger partial charge in [0, 0.05) is 19.1 Å². The van der Waals surface area contributed by atoms with Gasteiger partial charge in [-0.15, -0.1) is 0 Å². The molecule has 0 aliphatic heterocycles. The highest BCUT2D eigenvalue weighted by Gasteiger charge is 2.15. The summed E-state index contributed by atoms with van der Waals surface area (Å²) in [5.74, 6) is 0.809. The zero-order valence-electron chi connectivity index (χ0n) is 20.9. The molecule has 3 rings (SSSR count). The van der Waals surface area contributed by atoms with Crippen molar-refractivity contribution in [2.45, 2.75) is 64.8 Å². The second-order valence-corrected chi connectivity index (χ2v) is 8.19. The molecule has 2 aromatic carbocycles. The van der Waals surface area contributed by atoms with Gasteiger partial charge in [0.1, 0.15) is 17.6 Å². The van der Waals surface area contributed by atoms with Crippen LogP contribution in [0.4, 0.5) is 0 Å². The fraction of sp³-hybridized carbons (Fsp3) is 0.367. The van der Waals surface area contributed by atoms with Crippen molar-refractivity contribution >= 4 is 18.1 Å². The fourth-order valence-electron chi connectivity index (χ4n) is 3.54. The molecule has 0 heterocycles. The second kappa shape index (κ2) is 16.3. The highest BCUT2D eigenvalue weighted by atomic mass is 16.7. The summed E-state index contributed by atoms with van der Waals surface area (Å²) in [6.07, 6.45) is 15.7. The number of ether oxygens (including phenoxy) is 3. The lowest BCUT2D eigenvalue weighted by atomic mass is 9.98. The third-order valence-electron chi connectivity index (χ3n) is 5.42. The van der Waals surface area contributed by atoms with Crippen molar-refractivity contribution in [3.05, 3.63) is 84.5 Å². The van der Waals surface area contributed by atoms with Crippen molar-refractivity contribution in [2.75, 3.05) is 6.61 Å². The standard InChI is InChI=1S/C21H24O3.C9H14O2/c1-3-21(23-4-2)24-20-15-11-18(12-16-20)8-6-5-7-17-9-13-19(22)14-10-17;1-2-9(10)11-8-6-4-3-5-7-8/h5-16,21-22H,3-4H2,1-2H3;2,8H,1,3-7H2. The van der Waals surface area contributed by atoms with E-state index in [1.54, 1.807) is 12.1 Å². The number of aromatic hydroxyl groups is 1. The minimum atomic E-state index is -0.281. The summed E-state index contributed by atoms with van der Waals surface area (Å²) in [6, 6.07) is 15.0. The average molecular weight is 479 g/mol. The van der Waals surface area contributed by atoms with Crippen molar-refractivity contribution < 1.29 is 24.1 Å². The largest absolute Gasteiger partial charge is 0.508 e. The van der Waals surface area contributed by atoms with E-state index >= 15 is 0 Å². The number of phenols is 1. The zero-order valence-corrected chi connectivity index (χ0v) is 20.9. The number of benzene rings is 2. The molecule has 0 saturated heterocycles. The van der Waals surface area contributed by atoms with Gasteiger partial charge in [0.2, 0.25) is 0 Å². The van der Waals surface area contributed by atoms with E-state index in [0.29, 0.717) is 6.61 Å². The Bertz CT molecular complexity index is 922. The Balaban J connectivity index is 0.000000328. The van der Waals surface area contributed by atoms with Crippen molar-refractivity contribution in [2.24, 2.45) is 0 Å². The predicted octanol–water partition coefficient (Wildman–Crippen LogP) is 7.32. The van der Waals surface area contributed by atoms with Gasteiger partial charge >= 0.3 is 5.97 Å². The first-order valence-electron chi connectivity index (χ1n) is 12.4. The molecule has 1 unspecified atom stereocenters. The van der Waals surface area contributed by atoms with Crippen LogP contribution in [0.3, 0.4) is 0 Å². The van der Waals surface area contributed by atoms with Gasteiger partial charge in [0.05, 0.1) is 0 Å². The van der Waals surface area contributed by atoms with Crippen molar-refractivity contribution in [3.8, 4) is 11.5 Å². The predicted molar refractivity (Wildman–Crippen MR) is 142 cm³/mol. The van der Waals surface area contributed by atoms with E-state index in [2.05, 4.69) is 6.58 Å². The Morgan fingerprint density at radius 3 is 2.06 bits per heavy atom. The Morgan fingerprint density at radius 2 is 1.54 bits per heavy atom. The molecule has 0 radical (unpaired) electrons. The lowest BCUT2D eigenvalue weighted by Gasteiger charge is -2.20. The Labute approximate surface area is 209 Å². The van der Waals surface area contributed by atoms with Crippen LogP contribution in [0.5, 0.6) is 11.5 Å². The number of phenolic OH excluding ortho intramolecular Hbond substituents is 1. The summed E-state index contributed by atoms with van der Waals surface area (Å²) in [6.45, 7) is 8.00.